The largest absolute Gasteiger partial charge is 0.445 e. The minimum Gasteiger partial charge on any atom is -0.445 e. The summed E-state index contributed by atoms with van der Waals surface area (Å²) in [5.74, 6) is -0.0734. The minimum absolute atomic E-state index is 0.0734. The minimum atomic E-state index is -0.671. The molecule has 2 heterocycles. The first-order valence-corrected chi connectivity index (χ1v) is 8.09. The highest BCUT2D eigenvalue weighted by atomic mass is 16.6. The van der Waals surface area contributed by atoms with E-state index in [9.17, 15) is 14.7 Å². The second-order valence-electron chi connectivity index (χ2n) is 6.13. The lowest BCUT2D eigenvalue weighted by molar-refractivity contribution is -0.134. The molecule has 2 fully saturated rings. The Morgan fingerprint density at radius 3 is 2.57 bits per heavy atom. The summed E-state index contributed by atoms with van der Waals surface area (Å²) in [4.78, 5) is 28.0. The summed E-state index contributed by atoms with van der Waals surface area (Å²) in [6, 6.07) is 8.79. The number of aliphatic hydroxyl groups is 1. The molecule has 0 aliphatic carbocycles. The van der Waals surface area contributed by atoms with Crippen LogP contribution >= 0.6 is 0 Å². The van der Waals surface area contributed by atoms with Crippen molar-refractivity contribution in [3.63, 3.8) is 0 Å². The average Bonchev–Trinajstić information content (AvgIpc) is 3.22. The fraction of sp³-hybridized carbons (Fsp3) is 0.529. The third-order valence-corrected chi connectivity index (χ3v) is 4.42. The van der Waals surface area contributed by atoms with E-state index >= 15 is 0 Å². The highest BCUT2D eigenvalue weighted by molar-refractivity contribution is 5.86. The molecule has 124 valence electrons. The normalized spacial score (nSPS) is 24.0. The van der Waals surface area contributed by atoms with Crippen LogP contribution in [0.1, 0.15) is 24.8 Å². The van der Waals surface area contributed by atoms with E-state index in [1.54, 1.807) is 4.90 Å². The molecule has 0 saturated carbocycles. The monoisotopic (exact) mass is 318 g/mol. The first-order chi connectivity index (χ1) is 11.1. The third-order valence-electron chi connectivity index (χ3n) is 4.42. The number of β-amino-alcohol motifs (C(OH)–C–C–N with tert-alkyl or cyclic N) is 1. The first kappa shape index (κ1) is 15.8. The molecule has 0 aromatic heterocycles. The molecule has 2 aliphatic rings. The van der Waals surface area contributed by atoms with Gasteiger partial charge in [-0.3, -0.25) is 9.69 Å². The molecule has 6 nitrogen and oxygen atoms in total. The average molecular weight is 318 g/mol. The van der Waals surface area contributed by atoms with E-state index in [0.717, 1.165) is 31.5 Å². The quantitative estimate of drug-likeness (QED) is 0.914. The molecular formula is C17H22N2O4. The van der Waals surface area contributed by atoms with Crippen LogP contribution in [-0.4, -0.2) is 58.7 Å². The van der Waals surface area contributed by atoms with Crippen LogP contribution in [0.2, 0.25) is 0 Å². The summed E-state index contributed by atoms with van der Waals surface area (Å²) >= 11 is 0. The molecule has 2 saturated heterocycles. The van der Waals surface area contributed by atoms with Crippen molar-refractivity contribution in [2.24, 2.45) is 0 Å². The molecule has 1 aromatic rings. The fourth-order valence-corrected chi connectivity index (χ4v) is 3.20. The highest BCUT2D eigenvalue weighted by Crippen LogP contribution is 2.23. The van der Waals surface area contributed by atoms with Crippen LogP contribution in [0.3, 0.4) is 0 Å². The van der Waals surface area contributed by atoms with Crippen LogP contribution in [0.5, 0.6) is 0 Å². The lowest BCUT2D eigenvalue weighted by Crippen LogP contribution is -2.47. The Morgan fingerprint density at radius 1 is 1.17 bits per heavy atom. The Morgan fingerprint density at radius 2 is 1.87 bits per heavy atom. The van der Waals surface area contributed by atoms with Crippen molar-refractivity contribution in [2.75, 3.05) is 19.6 Å². The van der Waals surface area contributed by atoms with Crippen LogP contribution in [-0.2, 0) is 16.1 Å². The standard InChI is InChI=1S/C17H22N2O4/c20-14-10-15(16(21)18-8-4-5-9-18)19(11-14)17(22)23-12-13-6-2-1-3-7-13/h1-3,6-7,14-15,20H,4-5,8-12H2. The van der Waals surface area contributed by atoms with E-state index in [4.69, 9.17) is 4.74 Å². The van der Waals surface area contributed by atoms with Crippen LogP contribution in [0.4, 0.5) is 4.79 Å². The predicted octanol–water partition coefficient (Wildman–Crippen LogP) is 1.38. The number of rotatable bonds is 3. The molecule has 23 heavy (non-hydrogen) atoms. The summed E-state index contributed by atoms with van der Waals surface area (Å²) in [5.41, 5.74) is 0.892. The number of hydrogen-bond donors (Lipinski definition) is 1. The zero-order valence-corrected chi connectivity index (χ0v) is 13.1. The van der Waals surface area contributed by atoms with Crippen molar-refractivity contribution >= 4 is 12.0 Å². The number of ether oxygens (including phenoxy) is 1. The molecule has 2 amide bonds. The molecule has 2 atom stereocenters. The number of likely N-dealkylation sites (tertiary alicyclic amines) is 2. The molecule has 3 rings (SSSR count). The summed E-state index contributed by atoms with van der Waals surface area (Å²) in [7, 11) is 0. The number of amides is 2. The molecule has 2 aliphatic heterocycles. The maximum absolute atomic E-state index is 12.5. The second kappa shape index (κ2) is 7.00. The van der Waals surface area contributed by atoms with Crippen molar-refractivity contribution in [2.45, 2.75) is 38.0 Å². The Bertz CT molecular complexity index is 557. The molecular weight excluding hydrogens is 296 g/mol. The van der Waals surface area contributed by atoms with E-state index in [1.165, 1.54) is 4.90 Å². The van der Waals surface area contributed by atoms with Gasteiger partial charge in [-0.15, -0.1) is 0 Å². The van der Waals surface area contributed by atoms with Gasteiger partial charge in [0.25, 0.3) is 0 Å². The fourth-order valence-electron chi connectivity index (χ4n) is 3.20. The van der Waals surface area contributed by atoms with Crippen molar-refractivity contribution in [3.05, 3.63) is 35.9 Å². The number of aliphatic hydroxyl groups excluding tert-OH is 1. The Balaban J connectivity index is 1.61. The Hall–Kier alpha value is -2.08. The van der Waals surface area contributed by atoms with Gasteiger partial charge in [0.1, 0.15) is 12.6 Å². The molecule has 6 heteroatoms. The molecule has 1 aromatic carbocycles. The van der Waals surface area contributed by atoms with Gasteiger partial charge >= 0.3 is 6.09 Å². The highest BCUT2D eigenvalue weighted by Gasteiger charge is 2.42. The lowest BCUT2D eigenvalue weighted by Gasteiger charge is -2.26. The van der Waals surface area contributed by atoms with Crippen molar-refractivity contribution in [1.29, 1.82) is 0 Å². The van der Waals surface area contributed by atoms with Gasteiger partial charge in [-0.1, -0.05) is 30.3 Å². The van der Waals surface area contributed by atoms with Crippen molar-refractivity contribution < 1.29 is 19.4 Å². The Kier molecular flexibility index (Phi) is 4.81. The smallest absolute Gasteiger partial charge is 0.410 e. The van der Waals surface area contributed by atoms with Gasteiger partial charge in [0.05, 0.1) is 12.6 Å². The van der Waals surface area contributed by atoms with Gasteiger partial charge in [0.2, 0.25) is 5.91 Å². The topological polar surface area (TPSA) is 70.1 Å². The third kappa shape index (κ3) is 3.64. The maximum atomic E-state index is 12.5. The second-order valence-corrected chi connectivity index (χ2v) is 6.13. The Labute approximate surface area is 135 Å². The van der Waals surface area contributed by atoms with Crippen molar-refractivity contribution in [1.82, 2.24) is 9.80 Å². The molecule has 0 radical (unpaired) electrons. The van der Waals surface area contributed by atoms with Gasteiger partial charge in [0, 0.05) is 19.5 Å². The van der Waals surface area contributed by atoms with E-state index in [2.05, 4.69) is 0 Å². The molecule has 2 unspecified atom stereocenters. The zero-order valence-electron chi connectivity index (χ0n) is 13.1. The van der Waals surface area contributed by atoms with Crippen LogP contribution in [0, 0.1) is 0 Å². The maximum Gasteiger partial charge on any atom is 0.410 e. The van der Waals surface area contributed by atoms with E-state index < -0.39 is 18.2 Å². The lowest BCUT2D eigenvalue weighted by atomic mass is 10.2. The number of carbonyl (C=O) groups excluding carboxylic acids is 2. The van der Waals surface area contributed by atoms with Gasteiger partial charge < -0.3 is 14.7 Å². The SMILES string of the molecule is O=C(C1CC(O)CN1C(=O)OCc1ccccc1)N1CCCC1. The summed E-state index contributed by atoms with van der Waals surface area (Å²) in [6.07, 6.45) is 1.08. The van der Waals surface area contributed by atoms with Gasteiger partial charge in [0.15, 0.2) is 0 Å². The van der Waals surface area contributed by atoms with Crippen LogP contribution < -0.4 is 0 Å². The van der Waals surface area contributed by atoms with E-state index in [0.29, 0.717) is 0 Å². The number of nitrogens with zero attached hydrogens (tertiary/aromatic N) is 2. The van der Waals surface area contributed by atoms with E-state index in [1.807, 2.05) is 30.3 Å². The summed E-state index contributed by atoms with van der Waals surface area (Å²) < 4.78 is 5.31. The summed E-state index contributed by atoms with van der Waals surface area (Å²) in [5, 5.41) is 9.88. The van der Waals surface area contributed by atoms with Crippen LogP contribution in [0.15, 0.2) is 30.3 Å². The predicted molar refractivity (Wildman–Crippen MR) is 83.6 cm³/mol. The van der Waals surface area contributed by atoms with Crippen LogP contribution in [0.25, 0.3) is 0 Å². The number of benzene rings is 1. The number of hydrogen-bond acceptors (Lipinski definition) is 4. The van der Waals surface area contributed by atoms with Gasteiger partial charge in [-0.05, 0) is 18.4 Å². The number of carbonyl (C=O) groups is 2. The van der Waals surface area contributed by atoms with Crippen molar-refractivity contribution in [3.8, 4) is 0 Å². The summed E-state index contributed by atoms with van der Waals surface area (Å²) in [6.45, 7) is 1.78. The molecule has 1 N–H and O–H groups in total. The zero-order chi connectivity index (χ0) is 16.2. The van der Waals surface area contributed by atoms with Gasteiger partial charge in [-0.2, -0.15) is 0 Å². The molecule has 0 spiro atoms. The van der Waals surface area contributed by atoms with Gasteiger partial charge in [-0.25, -0.2) is 4.79 Å². The first-order valence-electron chi connectivity index (χ1n) is 8.09. The van der Waals surface area contributed by atoms with E-state index in [-0.39, 0.29) is 25.5 Å². The molecule has 0 bridgehead atoms.